The number of halogens is 2. The maximum Gasteiger partial charge on any atom is 0.286 e. The van der Waals surface area contributed by atoms with Gasteiger partial charge in [-0.15, -0.1) is 0 Å². The van der Waals surface area contributed by atoms with Crippen molar-refractivity contribution in [3.8, 4) is 0 Å². The Morgan fingerprint density at radius 1 is 1.17 bits per heavy atom. The van der Waals surface area contributed by atoms with Crippen LogP contribution in [0.15, 0.2) is 55.6 Å². The fourth-order valence-corrected chi connectivity index (χ4v) is 3.34. The topological polar surface area (TPSA) is 54.1 Å². The molecule has 1 aliphatic rings. The molecule has 2 aromatic heterocycles. The van der Waals surface area contributed by atoms with Crippen LogP contribution in [0, 0.1) is 0 Å². The number of aromatic nitrogens is 4. The number of benzene rings is 1. The van der Waals surface area contributed by atoms with Gasteiger partial charge in [0.05, 0.1) is 36.4 Å². The lowest BCUT2D eigenvalue weighted by Crippen LogP contribution is -2.36. The zero-order chi connectivity index (χ0) is 16.6. The van der Waals surface area contributed by atoms with Gasteiger partial charge in [0.1, 0.15) is 6.10 Å². The van der Waals surface area contributed by atoms with E-state index in [1.807, 2.05) is 16.8 Å². The Kier molecular flexibility index (Phi) is 4.05. The van der Waals surface area contributed by atoms with Crippen LogP contribution in [-0.4, -0.2) is 31.8 Å². The third-order valence-corrected chi connectivity index (χ3v) is 4.43. The summed E-state index contributed by atoms with van der Waals surface area (Å²) in [7, 11) is 0. The maximum atomic E-state index is 6.41. The molecule has 0 radical (unpaired) electrons. The number of hydrogen-bond donors (Lipinski definition) is 0. The van der Waals surface area contributed by atoms with E-state index in [9.17, 15) is 0 Å². The highest BCUT2D eigenvalue weighted by Crippen LogP contribution is 2.40. The van der Waals surface area contributed by atoms with Gasteiger partial charge in [-0.1, -0.05) is 23.2 Å². The van der Waals surface area contributed by atoms with E-state index in [0.29, 0.717) is 28.8 Å². The Balaban J connectivity index is 1.71. The fourth-order valence-electron chi connectivity index (χ4n) is 2.81. The molecular weight excluding hydrogens is 351 g/mol. The molecule has 0 aliphatic carbocycles. The molecule has 1 fully saturated rings. The predicted molar refractivity (Wildman–Crippen MR) is 88.8 cm³/mol. The van der Waals surface area contributed by atoms with Crippen molar-refractivity contribution in [2.75, 3.05) is 6.61 Å². The number of hydrogen-bond acceptors (Lipinski definition) is 4. The van der Waals surface area contributed by atoms with E-state index in [1.54, 1.807) is 47.9 Å². The Hall–Kier alpha value is -1.86. The Labute approximate surface area is 148 Å². The molecule has 0 bridgehead atoms. The molecule has 2 atom stereocenters. The minimum Gasteiger partial charge on any atom is -0.335 e. The van der Waals surface area contributed by atoms with E-state index >= 15 is 0 Å². The summed E-state index contributed by atoms with van der Waals surface area (Å²) in [6.45, 7) is 1.04. The van der Waals surface area contributed by atoms with Gasteiger partial charge in [-0.05, 0) is 18.2 Å². The van der Waals surface area contributed by atoms with Crippen LogP contribution in [-0.2, 0) is 21.9 Å². The average molecular weight is 365 g/mol. The molecule has 0 spiro atoms. The molecule has 4 rings (SSSR count). The van der Waals surface area contributed by atoms with Crippen LogP contribution < -0.4 is 0 Å². The molecule has 8 heteroatoms. The first-order valence-electron chi connectivity index (χ1n) is 7.39. The smallest absolute Gasteiger partial charge is 0.286 e. The second kappa shape index (κ2) is 6.22. The van der Waals surface area contributed by atoms with Crippen LogP contribution in [0.1, 0.15) is 5.56 Å². The molecule has 0 N–H and O–H groups in total. The van der Waals surface area contributed by atoms with Gasteiger partial charge in [0.2, 0.25) is 0 Å². The number of ether oxygens (including phenoxy) is 2. The number of imidazole rings is 2. The van der Waals surface area contributed by atoms with Crippen LogP contribution in [0.2, 0.25) is 10.0 Å². The van der Waals surface area contributed by atoms with E-state index in [4.69, 9.17) is 32.7 Å². The van der Waals surface area contributed by atoms with Gasteiger partial charge in [0.25, 0.3) is 5.91 Å². The van der Waals surface area contributed by atoms with Crippen LogP contribution in [0.25, 0.3) is 0 Å². The SMILES string of the molecule is Clc1ccc([C@@]2(n3ccnc3)OC[C@H](Cn3ccnc3)O2)c(Cl)c1. The van der Waals surface area contributed by atoms with E-state index < -0.39 is 5.91 Å². The Morgan fingerprint density at radius 3 is 2.71 bits per heavy atom. The first-order valence-corrected chi connectivity index (χ1v) is 8.14. The molecule has 1 aromatic carbocycles. The van der Waals surface area contributed by atoms with Crippen molar-refractivity contribution in [1.82, 2.24) is 19.1 Å². The molecular formula is C16H14Cl2N4O2. The highest BCUT2D eigenvalue weighted by atomic mass is 35.5. The van der Waals surface area contributed by atoms with Crippen LogP contribution in [0.3, 0.4) is 0 Å². The quantitative estimate of drug-likeness (QED) is 0.713. The summed E-state index contributed by atoms with van der Waals surface area (Å²) in [5.74, 6) is -1.16. The molecule has 1 aliphatic heterocycles. The molecule has 0 saturated carbocycles. The van der Waals surface area contributed by atoms with Crippen molar-refractivity contribution in [2.45, 2.75) is 18.6 Å². The Bertz CT molecular complexity index is 823. The predicted octanol–water partition coefficient (Wildman–Crippen LogP) is 3.16. The van der Waals surface area contributed by atoms with Crippen molar-refractivity contribution in [2.24, 2.45) is 0 Å². The second-order valence-corrected chi connectivity index (χ2v) is 6.33. The second-order valence-electron chi connectivity index (χ2n) is 5.49. The summed E-state index contributed by atoms with van der Waals surface area (Å²) in [6, 6.07) is 5.24. The molecule has 3 heterocycles. The van der Waals surface area contributed by atoms with Gasteiger partial charge >= 0.3 is 0 Å². The van der Waals surface area contributed by atoms with Gasteiger partial charge in [-0.25, -0.2) is 9.97 Å². The fraction of sp³-hybridized carbons (Fsp3) is 0.250. The summed E-state index contributed by atoms with van der Waals surface area (Å²) in [5, 5.41) is 1.02. The zero-order valence-electron chi connectivity index (χ0n) is 12.5. The normalized spacial score (nSPS) is 23.7. The minimum absolute atomic E-state index is 0.159. The standard InChI is InChI=1S/C16H14Cl2N4O2/c17-12-1-2-14(15(18)7-12)16(22-6-4-20-11-22)23-9-13(24-16)8-21-5-3-19-10-21/h1-7,10-11,13H,8-9H2/t13-,16+/m0/s1. The zero-order valence-corrected chi connectivity index (χ0v) is 14.1. The lowest BCUT2D eigenvalue weighted by molar-refractivity contribution is -0.199. The summed E-state index contributed by atoms with van der Waals surface area (Å²) >= 11 is 12.4. The summed E-state index contributed by atoms with van der Waals surface area (Å²) in [4.78, 5) is 8.15. The molecule has 3 aromatic rings. The number of nitrogens with zero attached hydrogens (tertiary/aromatic N) is 4. The monoisotopic (exact) mass is 364 g/mol. The summed E-state index contributed by atoms with van der Waals surface area (Å²) < 4.78 is 16.1. The van der Waals surface area contributed by atoms with Gasteiger partial charge in [-0.3, -0.25) is 4.57 Å². The largest absolute Gasteiger partial charge is 0.335 e. The molecule has 0 amide bonds. The van der Waals surface area contributed by atoms with Crippen molar-refractivity contribution in [1.29, 1.82) is 0 Å². The van der Waals surface area contributed by atoms with Gasteiger partial charge in [0.15, 0.2) is 0 Å². The molecule has 1 saturated heterocycles. The van der Waals surface area contributed by atoms with E-state index in [0.717, 1.165) is 0 Å². The maximum absolute atomic E-state index is 6.41. The highest BCUT2D eigenvalue weighted by molar-refractivity contribution is 6.35. The van der Waals surface area contributed by atoms with Crippen molar-refractivity contribution in [3.05, 3.63) is 71.2 Å². The van der Waals surface area contributed by atoms with E-state index in [-0.39, 0.29) is 6.10 Å². The molecule has 124 valence electrons. The minimum atomic E-state index is -1.16. The first kappa shape index (κ1) is 15.7. The van der Waals surface area contributed by atoms with Crippen LogP contribution in [0.4, 0.5) is 0 Å². The lowest BCUT2D eigenvalue weighted by Gasteiger charge is -2.30. The summed E-state index contributed by atoms with van der Waals surface area (Å²) in [6.07, 6.45) is 10.3. The highest BCUT2D eigenvalue weighted by Gasteiger charge is 2.46. The lowest BCUT2D eigenvalue weighted by atomic mass is 10.1. The first-order chi connectivity index (χ1) is 11.7. The molecule has 6 nitrogen and oxygen atoms in total. The van der Waals surface area contributed by atoms with Crippen molar-refractivity contribution >= 4 is 23.2 Å². The third kappa shape index (κ3) is 2.71. The van der Waals surface area contributed by atoms with Gasteiger partial charge < -0.3 is 14.0 Å². The number of rotatable bonds is 4. The Morgan fingerprint density at radius 2 is 2.00 bits per heavy atom. The van der Waals surface area contributed by atoms with Crippen LogP contribution >= 0.6 is 23.2 Å². The molecule has 0 unspecified atom stereocenters. The van der Waals surface area contributed by atoms with E-state index in [2.05, 4.69) is 9.97 Å². The van der Waals surface area contributed by atoms with Crippen molar-refractivity contribution in [3.63, 3.8) is 0 Å². The third-order valence-electron chi connectivity index (χ3n) is 3.88. The van der Waals surface area contributed by atoms with E-state index in [1.165, 1.54) is 0 Å². The van der Waals surface area contributed by atoms with Gasteiger partial charge in [-0.2, -0.15) is 0 Å². The summed E-state index contributed by atoms with van der Waals surface area (Å²) in [5.41, 5.74) is 0.680. The average Bonchev–Trinajstić information content (AvgIpc) is 3.29. The van der Waals surface area contributed by atoms with Crippen molar-refractivity contribution < 1.29 is 9.47 Å². The van der Waals surface area contributed by atoms with Gasteiger partial charge in [0, 0.05) is 29.8 Å². The van der Waals surface area contributed by atoms with Crippen LogP contribution in [0.5, 0.6) is 0 Å². The molecule has 24 heavy (non-hydrogen) atoms.